The molecule has 22 heavy (non-hydrogen) atoms. The maximum atomic E-state index is 12.9. The van der Waals surface area contributed by atoms with Gasteiger partial charge in [0.25, 0.3) is 0 Å². The van der Waals surface area contributed by atoms with Crippen molar-refractivity contribution in [1.82, 2.24) is 15.5 Å². The summed E-state index contributed by atoms with van der Waals surface area (Å²) in [4.78, 5) is 15.0. The third-order valence-corrected chi connectivity index (χ3v) is 5.39. The third-order valence-electron chi connectivity index (χ3n) is 4.75. The van der Waals surface area contributed by atoms with E-state index in [0.29, 0.717) is 6.54 Å². The number of nitrogens with one attached hydrogen (secondary N) is 2. The SMILES string of the molecule is CSCCC1NC2(CCNCC2)N(Cc2ccccc2)C1=O. The highest BCUT2D eigenvalue weighted by molar-refractivity contribution is 7.98. The quantitative estimate of drug-likeness (QED) is 0.869. The van der Waals surface area contributed by atoms with E-state index in [4.69, 9.17) is 0 Å². The fourth-order valence-electron chi connectivity index (χ4n) is 3.54. The van der Waals surface area contributed by atoms with Crippen molar-refractivity contribution in [2.45, 2.75) is 37.5 Å². The van der Waals surface area contributed by atoms with E-state index in [9.17, 15) is 4.79 Å². The second-order valence-electron chi connectivity index (χ2n) is 6.17. The monoisotopic (exact) mass is 319 g/mol. The molecule has 1 amide bonds. The van der Waals surface area contributed by atoms with Crippen LogP contribution in [0.1, 0.15) is 24.8 Å². The first kappa shape index (κ1) is 15.8. The summed E-state index contributed by atoms with van der Waals surface area (Å²) in [6, 6.07) is 10.3. The van der Waals surface area contributed by atoms with Crippen molar-refractivity contribution >= 4 is 17.7 Å². The van der Waals surface area contributed by atoms with E-state index in [0.717, 1.165) is 38.1 Å². The second-order valence-corrected chi connectivity index (χ2v) is 7.16. The highest BCUT2D eigenvalue weighted by Gasteiger charge is 2.49. The number of hydrogen-bond donors (Lipinski definition) is 2. The lowest BCUT2D eigenvalue weighted by molar-refractivity contribution is -0.133. The van der Waals surface area contributed by atoms with E-state index in [1.165, 1.54) is 5.56 Å². The molecule has 2 N–H and O–H groups in total. The van der Waals surface area contributed by atoms with Crippen molar-refractivity contribution in [3.63, 3.8) is 0 Å². The van der Waals surface area contributed by atoms with Crippen LogP contribution in [0.2, 0.25) is 0 Å². The summed E-state index contributed by atoms with van der Waals surface area (Å²) in [6.07, 6.45) is 4.99. The highest BCUT2D eigenvalue weighted by Crippen LogP contribution is 2.32. The molecule has 3 rings (SSSR count). The number of benzene rings is 1. The number of carbonyl (C=O) groups is 1. The van der Waals surface area contributed by atoms with E-state index in [2.05, 4.69) is 33.9 Å². The summed E-state index contributed by atoms with van der Waals surface area (Å²) in [5.74, 6) is 1.30. The predicted octanol–water partition coefficient (Wildman–Crippen LogP) is 1.82. The standard InChI is InChI=1S/C17H25N3OS/c1-22-12-7-15-16(21)20(13-14-5-3-2-4-6-14)17(19-15)8-10-18-11-9-17/h2-6,15,18-19H,7-13H2,1H3. The molecule has 2 heterocycles. The molecule has 0 saturated carbocycles. The molecule has 2 saturated heterocycles. The van der Waals surface area contributed by atoms with Gasteiger partial charge in [-0.05, 0) is 49.9 Å². The number of amides is 1. The minimum Gasteiger partial charge on any atom is -0.319 e. The fraction of sp³-hybridized carbons (Fsp3) is 0.588. The van der Waals surface area contributed by atoms with Crippen molar-refractivity contribution in [3.05, 3.63) is 35.9 Å². The average molecular weight is 319 g/mol. The summed E-state index contributed by atoms with van der Waals surface area (Å²) in [7, 11) is 0. The number of hydrogen-bond acceptors (Lipinski definition) is 4. The van der Waals surface area contributed by atoms with Crippen molar-refractivity contribution in [2.75, 3.05) is 25.1 Å². The van der Waals surface area contributed by atoms with Gasteiger partial charge in [-0.3, -0.25) is 10.1 Å². The highest BCUT2D eigenvalue weighted by atomic mass is 32.2. The Morgan fingerprint density at radius 3 is 2.68 bits per heavy atom. The lowest BCUT2D eigenvalue weighted by atomic mass is 9.96. The summed E-state index contributed by atoms with van der Waals surface area (Å²) < 4.78 is 0. The van der Waals surface area contributed by atoms with Crippen LogP contribution in [0, 0.1) is 0 Å². The molecule has 1 aromatic rings. The summed E-state index contributed by atoms with van der Waals surface area (Å²) in [6.45, 7) is 2.66. The fourth-order valence-corrected chi connectivity index (χ4v) is 4.02. The lowest BCUT2D eigenvalue weighted by Crippen LogP contribution is -2.57. The summed E-state index contributed by atoms with van der Waals surface area (Å²) >= 11 is 1.81. The van der Waals surface area contributed by atoms with Crippen LogP contribution in [0.15, 0.2) is 30.3 Å². The molecule has 4 nitrogen and oxygen atoms in total. The van der Waals surface area contributed by atoms with Crippen molar-refractivity contribution in [1.29, 1.82) is 0 Å². The second kappa shape index (κ2) is 7.02. The van der Waals surface area contributed by atoms with Crippen molar-refractivity contribution in [2.24, 2.45) is 0 Å². The number of nitrogens with zero attached hydrogens (tertiary/aromatic N) is 1. The van der Waals surface area contributed by atoms with Crippen LogP contribution in [0.25, 0.3) is 0 Å². The molecule has 0 radical (unpaired) electrons. The molecule has 2 aliphatic heterocycles. The van der Waals surface area contributed by atoms with Crippen molar-refractivity contribution < 1.29 is 4.79 Å². The first-order valence-corrected chi connectivity index (χ1v) is 9.47. The van der Waals surface area contributed by atoms with Crippen LogP contribution in [-0.4, -0.2) is 47.6 Å². The summed E-state index contributed by atoms with van der Waals surface area (Å²) in [5.41, 5.74) is 1.06. The van der Waals surface area contributed by atoms with E-state index in [1.807, 2.05) is 30.0 Å². The van der Waals surface area contributed by atoms with E-state index in [-0.39, 0.29) is 17.6 Å². The normalized spacial score (nSPS) is 24.1. The maximum Gasteiger partial charge on any atom is 0.241 e. The molecule has 120 valence electrons. The van der Waals surface area contributed by atoms with Crippen LogP contribution in [-0.2, 0) is 11.3 Å². The first-order valence-electron chi connectivity index (χ1n) is 8.08. The average Bonchev–Trinajstić information content (AvgIpc) is 2.80. The Balaban J connectivity index is 1.80. The summed E-state index contributed by atoms with van der Waals surface area (Å²) in [5, 5.41) is 7.10. The molecule has 0 bridgehead atoms. The molecular formula is C17H25N3OS. The largest absolute Gasteiger partial charge is 0.319 e. The number of thioether (sulfide) groups is 1. The van der Waals surface area contributed by atoms with E-state index >= 15 is 0 Å². The minimum atomic E-state index is -0.152. The maximum absolute atomic E-state index is 12.9. The predicted molar refractivity (Wildman–Crippen MR) is 91.7 cm³/mol. The van der Waals surface area contributed by atoms with Crippen LogP contribution < -0.4 is 10.6 Å². The first-order chi connectivity index (χ1) is 10.7. The Bertz CT molecular complexity index is 502. The molecule has 2 fully saturated rings. The van der Waals surface area contributed by atoms with Crippen molar-refractivity contribution in [3.8, 4) is 0 Å². The van der Waals surface area contributed by atoms with Crippen LogP contribution >= 0.6 is 11.8 Å². The molecule has 5 heteroatoms. The zero-order chi connectivity index (χ0) is 15.4. The molecule has 1 atom stereocenters. The molecule has 1 aromatic carbocycles. The van der Waals surface area contributed by atoms with E-state index < -0.39 is 0 Å². The zero-order valence-corrected chi connectivity index (χ0v) is 14.0. The van der Waals surface area contributed by atoms with Gasteiger partial charge >= 0.3 is 0 Å². The molecule has 2 aliphatic rings. The van der Waals surface area contributed by atoms with Gasteiger partial charge < -0.3 is 10.2 Å². The molecule has 0 aliphatic carbocycles. The van der Waals surface area contributed by atoms with Gasteiger partial charge in [0.1, 0.15) is 0 Å². The lowest BCUT2D eigenvalue weighted by Gasteiger charge is -2.41. The Morgan fingerprint density at radius 1 is 1.27 bits per heavy atom. The van der Waals surface area contributed by atoms with Gasteiger partial charge in [-0.1, -0.05) is 30.3 Å². The smallest absolute Gasteiger partial charge is 0.241 e. The zero-order valence-electron chi connectivity index (χ0n) is 13.2. The Kier molecular flexibility index (Phi) is 5.06. The van der Waals surface area contributed by atoms with Gasteiger partial charge in [-0.25, -0.2) is 0 Å². The molecular weight excluding hydrogens is 294 g/mol. The van der Waals surface area contributed by atoms with Crippen LogP contribution in [0.5, 0.6) is 0 Å². The Morgan fingerprint density at radius 2 is 2.00 bits per heavy atom. The van der Waals surface area contributed by atoms with Gasteiger partial charge in [-0.15, -0.1) is 0 Å². The van der Waals surface area contributed by atoms with Gasteiger partial charge in [-0.2, -0.15) is 11.8 Å². The Hall–Kier alpha value is -1.04. The minimum absolute atomic E-state index is 0.0192. The van der Waals surface area contributed by atoms with Gasteiger partial charge in [0.05, 0.1) is 11.7 Å². The molecule has 0 aromatic heterocycles. The molecule has 1 unspecified atom stereocenters. The van der Waals surface area contributed by atoms with Crippen LogP contribution in [0.3, 0.4) is 0 Å². The topological polar surface area (TPSA) is 44.4 Å². The Labute approximate surface area is 137 Å². The third kappa shape index (κ3) is 3.16. The van der Waals surface area contributed by atoms with Gasteiger partial charge in [0, 0.05) is 6.54 Å². The number of carbonyl (C=O) groups excluding carboxylic acids is 1. The number of piperidine rings is 1. The van der Waals surface area contributed by atoms with Gasteiger partial charge in [0.2, 0.25) is 5.91 Å². The van der Waals surface area contributed by atoms with Gasteiger partial charge in [0.15, 0.2) is 0 Å². The molecule has 1 spiro atoms. The van der Waals surface area contributed by atoms with E-state index in [1.54, 1.807) is 0 Å². The number of rotatable bonds is 5. The van der Waals surface area contributed by atoms with Crippen LogP contribution in [0.4, 0.5) is 0 Å².